The first kappa shape index (κ1) is 22.7. The van der Waals surface area contributed by atoms with E-state index in [1.807, 2.05) is 31.9 Å². The Hall–Kier alpha value is -3.53. The Kier molecular flexibility index (Phi) is 6.28. The van der Waals surface area contributed by atoms with Crippen LogP contribution in [-0.2, 0) is 22.6 Å². The van der Waals surface area contributed by atoms with Gasteiger partial charge in [-0.1, -0.05) is 12.1 Å². The molecule has 0 bridgehead atoms. The lowest BCUT2D eigenvalue weighted by atomic mass is 10.0. The SMILES string of the molecule is CO[C@H](C)[C@H]1C(=O)Nc2c(cc(NCc3cnn(Cc4cccc(F)c4F)c3)nc2C)N1C. The van der Waals surface area contributed by atoms with Crippen molar-refractivity contribution in [2.45, 2.75) is 39.1 Å². The fraction of sp³-hybridized carbons (Fsp3) is 0.348. The lowest BCUT2D eigenvalue weighted by Gasteiger charge is -2.38. The average Bonchev–Trinajstić information content (AvgIpc) is 3.23. The Bertz CT molecular complexity index is 1180. The molecule has 0 spiro atoms. The van der Waals surface area contributed by atoms with Crippen LogP contribution < -0.4 is 15.5 Å². The Morgan fingerprint density at radius 2 is 2.12 bits per heavy atom. The molecule has 0 unspecified atom stereocenters. The van der Waals surface area contributed by atoms with Crippen LogP contribution in [0.15, 0.2) is 36.7 Å². The van der Waals surface area contributed by atoms with Crippen LogP contribution in [-0.4, -0.2) is 47.0 Å². The average molecular weight is 456 g/mol. The number of anilines is 3. The third-order valence-corrected chi connectivity index (χ3v) is 5.83. The number of hydrogen-bond donors (Lipinski definition) is 2. The Morgan fingerprint density at radius 1 is 1.33 bits per heavy atom. The van der Waals surface area contributed by atoms with E-state index in [2.05, 4.69) is 20.7 Å². The van der Waals surface area contributed by atoms with Gasteiger partial charge in [0.05, 0.1) is 35.9 Å². The summed E-state index contributed by atoms with van der Waals surface area (Å²) in [5.41, 5.74) is 3.30. The third kappa shape index (κ3) is 4.51. The summed E-state index contributed by atoms with van der Waals surface area (Å²) in [6.45, 7) is 4.25. The predicted molar refractivity (Wildman–Crippen MR) is 121 cm³/mol. The van der Waals surface area contributed by atoms with Crippen molar-refractivity contribution in [1.82, 2.24) is 14.8 Å². The number of benzene rings is 1. The molecule has 0 radical (unpaired) electrons. The summed E-state index contributed by atoms with van der Waals surface area (Å²) in [7, 11) is 3.44. The van der Waals surface area contributed by atoms with E-state index < -0.39 is 17.7 Å². The number of rotatable bonds is 7. The molecule has 0 fully saturated rings. The van der Waals surface area contributed by atoms with Gasteiger partial charge in [-0.2, -0.15) is 5.10 Å². The first-order valence-corrected chi connectivity index (χ1v) is 10.5. The third-order valence-electron chi connectivity index (χ3n) is 5.83. The zero-order chi connectivity index (χ0) is 23.7. The highest BCUT2D eigenvalue weighted by molar-refractivity contribution is 6.04. The number of carbonyl (C=O) groups excluding carboxylic acids is 1. The molecule has 2 aromatic heterocycles. The maximum atomic E-state index is 13.9. The number of aromatic nitrogens is 3. The van der Waals surface area contributed by atoms with Gasteiger partial charge >= 0.3 is 0 Å². The maximum Gasteiger partial charge on any atom is 0.249 e. The van der Waals surface area contributed by atoms with Gasteiger partial charge in [-0.05, 0) is 19.9 Å². The number of ether oxygens (including phenoxy) is 1. The summed E-state index contributed by atoms with van der Waals surface area (Å²) in [5.74, 6) is -1.23. The van der Waals surface area contributed by atoms with Gasteiger partial charge in [-0.15, -0.1) is 0 Å². The van der Waals surface area contributed by atoms with Crippen molar-refractivity contribution in [2.75, 3.05) is 29.7 Å². The van der Waals surface area contributed by atoms with Crippen LogP contribution in [0.25, 0.3) is 0 Å². The van der Waals surface area contributed by atoms with E-state index in [0.29, 0.717) is 23.7 Å². The first-order valence-electron chi connectivity index (χ1n) is 10.5. The van der Waals surface area contributed by atoms with Crippen LogP contribution in [0.5, 0.6) is 0 Å². The fourth-order valence-electron chi connectivity index (χ4n) is 3.98. The molecular weight excluding hydrogens is 430 g/mol. The molecule has 174 valence electrons. The van der Waals surface area contributed by atoms with Crippen LogP contribution in [0.4, 0.5) is 26.0 Å². The molecular formula is C23H26F2N6O2. The number of halogens is 2. The summed E-state index contributed by atoms with van der Waals surface area (Å²) in [6, 6.07) is 5.51. The minimum absolute atomic E-state index is 0.128. The molecule has 1 aromatic carbocycles. The predicted octanol–water partition coefficient (Wildman–Crippen LogP) is 3.32. The number of carbonyl (C=O) groups is 1. The van der Waals surface area contributed by atoms with Crippen molar-refractivity contribution in [3.05, 3.63) is 65.1 Å². The molecule has 33 heavy (non-hydrogen) atoms. The largest absolute Gasteiger partial charge is 0.379 e. The van der Waals surface area contributed by atoms with Gasteiger partial charge in [-0.3, -0.25) is 9.48 Å². The number of nitrogens with zero attached hydrogens (tertiary/aromatic N) is 4. The lowest BCUT2D eigenvalue weighted by molar-refractivity contribution is -0.120. The van der Waals surface area contributed by atoms with E-state index in [-0.39, 0.29) is 24.1 Å². The minimum atomic E-state index is -0.876. The second-order valence-corrected chi connectivity index (χ2v) is 8.09. The minimum Gasteiger partial charge on any atom is -0.379 e. The van der Waals surface area contributed by atoms with E-state index in [0.717, 1.165) is 17.3 Å². The second kappa shape index (κ2) is 9.14. The van der Waals surface area contributed by atoms with Crippen molar-refractivity contribution < 1.29 is 18.3 Å². The molecule has 1 aliphatic heterocycles. The van der Waals surface area contributed by atoms with Crippen molar-refractivity contribution in [2.24, 2.45) is 0 Å². The lowest BCUT2D eigenvalue weighted by Crippen LogP contribution is -2.52. The summed E-state index contributed by atoms with van der Waals surface area (Å²) < 4.78 is 34.3. The van der Waals surface area contributed by atoms with E-state index in [4.69, 9.17) is 4.74 Å². The first-order chi connectivity index (χ1) is 15.8. The quantitative estimate of drug-likeness (QED) is 0.568. The summed E-state index contributed by atoms with van der Waals surface area (Å²) in [6.07, 6.45) is 3.14. The van der Waals surface area contributed by atoms with Crippen LogP contribution in [0, 0.1) is 18.6 Å². The normalized spacial score (nSPS) is 16.4. The molecule has 1 aliphatic rings. The molecule has 0 saturated heterocycles. The number of methoxy groups -OCH3 is 1. The zero-order valence-corrected chi connectivity index (χ0v) is 18.9. The summed E-state index contributed by atoms with van der Waals surface area (Å²) >= 11 is 0. The molecule has 8 nitrogen and oxygen atoms in total. The molecule has 2 atom stereocenters. The second-order valence-electron chi connectivity index (χ2n) is 8.09. The van der Waals surface area contributed by atoms with Gasteiger partial charge < -0.3 is 20.3 Å². The Morgan fingerprint density at radius 3 is 2.88 bits per heavy atom. The van der Waals surface area contributed by atoms with Gasteiger partial charge in [0.1, 0.15) is 11.9 Å². The number of aryl methyl sites for hydroxylation is 1. The molecule has 1 amide bonds. The van der Waals surface area contributed by atoms with E-state index in [1.54, 1.807) is 24.2 Å². The monoisotopic (exact) mass is 456 g/mol. The van der Waals surface area contributed by atoms with Gasteiger partial charge in [0.2, 0.25) is 5.91 Å². The number of amides is 1. The number of likely N-dealkylation sites (N-methyl/N-ethyl adjacent to an activating group) is 1. The van der Waals surface area contributed by atoms with Crippen LogP contribution in [0.2, 0.25) is 0 Å². The number of pyridine rings is 1. The standard InChI is InChI=1S/C23H26F2N6O2/c1-13-21-18(30(3)22(14(2)33-4)23(32)29-21)8-19(28-13)26-9-15-10-27-31(11-15)12-16-6-5-7-17(24)20(16)25/h5-8,10-11,14,22H,9,12H2,1-4H3,(H,26,28)(H,29,32)/t14-,22+/m1/s1. The maximum absolute atomic E-state index is 13.9. The molecule has 3 heterocycles. The number of fused-ring (bicyclic) bond motifs is 1. The topological polar surface area (TPSA) is 84.3 Å². The van der Waals surface area contributed by atoms with Gasteiger partial charge in [-0.25, -0.2) is 13.8 Å². The molecule has 3 aromatic rings. The van der Waals surface area contributed by atoms with Crippen LogP contribution >= 0.6 is 0 Å². The van der Waals surface area contributed by atoms with Crippen molar-refractivity contribution >= 4 is 23.1 Å². The molecule has 10 heteroatoms. The highest BCUT2D eigenvalue weighted by Crippen LogP contribution is 2.36. The zero-order valence-electron chi connectivity index (χ0n) is 18.9. The number of nitrogens with one attached hydrogen (secondary N) is 2. The molecule has 2 N–H and O–H groups in total. The summed E-state index contributed by atoms with van der Waals surface area (Å²) in [5, 5.41) is 10.4. The molecule has 0 saturated carbocycles. The molecule has 4 rings (SSSR count). The van der Waals surface area contributed by atoms with Crippen molar-refractivity contribution in [3.8, 4) is 0 Å². The van der Waals surface area contributed by atoms with Gasteiger partial charge in [0.25, 0.3) is 0 Å². The van der Waals surface area contributed by atoms with Gasteiger partial charge in [0, 0.05) is 44.1 Å². The van der Waals surface area contributed by atoms with Crippen molar-refractivity contribution in [3.63, 3.8) is 0 Å². The molecule has 0 aliphatic carbocycles. The Labute approximate surface area is 190 Å². The van der Waals surface area contributed by atoms with Crippen LogP contribution in [0.3, 0.4) is 0 Å². The highest BCUT2D eigenvalue weighted by Gasteiger charge is 2.36. The summed E-state index contributed by atoms with van der Waals surface area (Å²) in [4.78, 5) is 19.0. The van der Waals surface area contributed by atoms with E-state index in [1.165, 1.54) is 12.1 Å². The van der Waals surface area contributed by atoms with E-state index in [9.17, 15) is 13.6 Å². The van der Waals surface area contributed by atoms with Gasteiger partial charge in [0.15, 0.2) is 11.6 Å². The van der Waals surface area contributed by atoms with Crippen LogP contribution in [0.1, 0.15) is 23.7 Å². The van der Waals surface area contributed by atoms with E-state index >= 15 is 0 Å². The Balaban J connectivity index is 1.48. The highest BCUT2D eigenvalue weighted by atomic mass is 19.2. The van der Waals surface area contributed by atoms with Crippen molar-refractivity contribution in [1.29, 1.82) is 0 Å². The smallest absolute Gasteiger partial charge is 0.249 e. The fourth-order valence-corrected chi connectivity index (χ4v) is 3.98. The number of hydrogen-bond acceptors (Lipinski definition) is 6.